The van der Waals surface area contributed by atoms with Gasteiger partial charge in [0.15, 0.2) is 0 Å². The van der Waals surface area contributed by atoms with Gasteiger partial charge in [-0.3, -0.25) is 14.9 Å². The average molecular weight is 378 g/mol. The molecule has 0 aliphatic heterocycles. The van der Waals surface area contributed by atoms with Crippen molar-refractivity contribution >= 4 is 17.6 Å². The molecule has 1 N–H and O–H groups in total. The van der Waals surface area contributed by atoms with E-state index in [0.717, 1.165) is 25.3 Å². The van der Waals surface area contributed by atoms with Crippen LogP contribution in [0.25, 0.3) is 0 Å². The molecular formula is C18H16F2N2O5. The lowest BCUT2D eigenvalue weighted by Crippen LogP contribution is -2.44. The summed E-state index contributed by atoms with van der Waals surface area (Å²) in [5, 5.41) is 13.4. The molecule has 2 rings (SSSR count). The van der Waals surface area contributed by atoms with Gasteiger partial charge in [-0.2, -0.15) is 0 Å². The Morgan fingerprint density at radius 3 is 2.37 bits per heavy atom. The Hall–Kier alpha value is -3.36. The highest BCUT2D eigenvalue weighted by atomic mass is 19.1. The van der Waals surface area contributed by atoms with Crippen molar-refractivity contribution in [3.8, 4) is 0 Å². The summed E-state index contributed by atoms with van der Waals surface area (Å²) in [5.41, 5.74) is -0.458. The van der Waals surface area contributed by atoms with Gasteiger partial charge in [0.2, 0.25) is 5.91 Å². The van der Waals surface area contributed by atoms with Crippen LogP contribution in [0.5, 0.6) is 0 Å². The van der Waals surface area contributed by atoms with Gasteiger partial charge < -0.3 is 10.1 Å². The van der Waals surface area contributed by atoms with E-state index in [1.165, 1.54) is 18.2 Å². The normalized spacial score (nSPS) is 11.5. The third-order valence-electron chi connectivity index (χ3n) is 3.83. The lowest BCUT2D eigenvalue weighted by Gasteiger charge is -2.17. The largest absolute Gasteiger partial charge is 0.467 e. The first-order valence-electron chi connectivity index (χ1n) is 7.85. The predicted octanol–water partition coefficient (Wildman–Crippen LogP) is 2.32. The van der Waals surface area contributed by atoms with E-state index < -0.39 is 46.5 Å². The molecule has 0 fully saturated rings. The standard InChI is InChI=1S/C18H16F2N2O5/c1-27-18(24)15(9-11-5-2-3-8-16(11)22(25)26)21-17(23)10-12-13(19)6-4-7-14(12)20/h2-8,15H,9-10H2,1H3,(H,21,23)/t15-/m0/s1. The summed E-state index contributed by atoms with van der Waals surface area (Å²) in [6.45, 7) is 0. The van der Waals surface area contributed by atoms with Crippen LogP contribution in [0.3, 0.4) is 0 Å². The van der Waals surface area contributed by atoms with Crippen LogP contribution in [-0.4, -0.2) is 30.0 Å². The molecule has 0 aliphatic rings. The van der Waals surface area contributed by atoms with Gasteiger partial charge in [-0.05, 0) is 12.1 Å². The number of ether oxygens (including phenoxy) is 1. The first-order chi connectivity index (χ1) is 12.8. The molecule has 2 aromatic rings. The fourth-order valence-corrected chi connectivity index (χ4v) is 2.52. The van der Waals surface area contributed by atoms with Crippen LogP contribution in [0.15, 0.2) is 42.5 Å². The number of carbonyl (C=O) groups excluding carboxylic acids is 2. The number of carbonyl (C=O) groups is 2. The number of methoxy groups -OCH3 is 1. The summed E-state index contributed by atoms with van der Waals surface area (Å²) in [4.78, 5) is 34.6. The quantitative estimate of drug-likeness (QED) is 0.453. The Labute approximate surface area is 153 Å². The molecule has 0 radical (unpaired) electrons. The van der Waals surface area contributed by atoms with Crippen molar-refractivity contribution in [1.29, 1.82) is 0 Å². The minimum absolute atomic E-state index is 0.204. The number of para-hydroxylation sites is 1. The molecule has 1 atom stereocenters. The number of amides is 1. The van der Waals surface area contributed by atoms with E-state index in [2.05, 4.69) is 10.1 Å². The number of esters is 1. The van der Waals surface area contributed by atoms with Crippen LogP contribution in [0.4, 0.5) is 14.5 Å². The second kappa shape index (κ2) is 8.84. The minimum Gasteiger partial charge on any atom is -0.467 e. The van der Waals surface area contributed by atoms with Gasteiger partial charge in [-0.15, -0.1) is 0 Å². The van der Waals surface area contributed by atoms with E-state index >= 15 is 0 Å². The number of nitrogens with one attached hydrogen (secondary N) is 1. The van der Waals surface area contributed by atoms with Crippen LogP contribution in [0.2, 0.25) is 0 Å². The maximum atomic E-state index is 13.7. The molecule has 0 spiro atoms. The van der Waals surface area contributed by atoms with Crippen LogP contribution in [-0.2, 0) is 27.2 Å². The van der Waals surface area contributed by atoms with E-state index in [4.69, 9.17) is 0 Å². The molecule has 27 heavy (non-hydrogen) atoms. The number of halogens is 2. The molecule has 0 saturated carbocycles. The number of nitro benzene ring substituents is 1. The van der Waals surface area contributed by atoms with Crippen molar-refractivity contribution in [2.24, 2.45) is 0 Å². The van der Waals surface area contributed by atoms with Crippen LogP contribution in [0.1, 0.15) is 11.1 Å². The highest BCUT2D eigenvalue weighted by Gasteiger charge is 2.26. The molecule has 0 unspecified atom stereocenters. The van der Waals surface area contributed by atoms with E-state index in [1.54, 1.807) is 6.07 Å². The highest BCUT2D eigenvalue weighted by Crippen LogP contribution is 2.20. The smallest absolute Gasteiger partial charge is 0.328 e. The molecular weight excluding hydrogens is 362 g/mol. The Morgan fingerprint density at radius 1 is 1.15 bits per heavy atom. The van der Waals surface area contributed by atoms with Gasteiger partial charge in [0.1, 0.15) is 17.7 Å². The fraction of sp³-hybridized carbons (Fsp3) is 0.222. The SMILES string of the molecule is COC(=O)[C@H](Cc1ccccc1[N+](=O)[O-])NC(=O)Cc1c(F)cccc1F. The minimum atomic E-state index is -1.25. The zero-order chi connectivity index (χ0) is 20.0. The van der Waals surface area contributed by atoms with Gasteiger partial charge in [0, 0.05) is 23.6 Å². The zero-order valence-corrected chi connectivity index (χ0v) is 14.3. The number of hydrogen-bond donors (Lipinski definition) is 1. The van der Waals surface area contributed by atoms with Crippen LogP contribution >= 0.6 is 0 Å². The third kappa shape index (κ3) is 5.06. The molecule has 9 heteroatoms. The molecule has 0 aromatic heterocycles. The van der Waals surface area contributed by atoms with Crippen molar-refractivity contribution < 1.29 is 28.0 Å². The third-order valence-corrected chi connectivity index (χ3v) is 3.83. The second-order valence-corrected chi connectivity index (χ2v) is 5.61. The predicted molar refractivity (Wildman–Crippen MR) is 90.8 cm³/mol. The zero-order valence-electron chi connectivity index (χ0n) is 14.3. The lowest BCUT2D eigenvalue weighted by atomic mass is 10.0. The van der Waals surface area contributed by atoms with E-state index in [9.17, 15) is 28.5 Å². The second-order valence-electron chi connectivity index (χ2n) is 5.61. The Bertz CT molecular complexity index is 852. The van der Waals surface area contributed by atoms with Crippen LogP contribution < -0.4 is 5.32 Å². The number of benzene rings is 2. The Kier molecular flexibility index (Phi) is 6.53. The van der Waals surface area contributed by atoms with Crippen molar-refractivity contribution in [2.45, 2.75) is 18.9 Å². The van der Waals surface area contributed by atoms with Gasteiger partial charge in [0.05, 0.1) is 18.5 Å². The molecule has 7 nitrogen and oxygen atoms in total. The molecule has 0 bridgehead atoms. The summed E-state index contributed by atoms with van der Waals surface area (Å²) in [7, 11) is 1.09. The fourth-order valence-electron chi connectivity index (χ4n) is 2.52. The summed E-state index contributed by atoms with van der Waals surface area (Å²) in [6, 6.07) is 7.66. The summed E-state index contributed by atoms with van der Waals surface area (Å²) >= 11 is 0. The highest BCUT2D eigenvalue weighted by molar-refractivity contribution is 5.86. The summed E-state index contributed by atoms with van der Waals surface area (Å²) < 4.78 is 32.0. The summed E-state index contributed by atoms with van der Waals surface area (Å²) in [5.74, 6) is -3.44. The number of hydrogen-bond acceptors (Lipinski definition) is 5. The monoisotopic (exact) mass is 378 g/mol. The van der Waals surface area contributed by atoms with Gasteiger partial charge >= 0.3 is 5.97 Å². The molecule has 0 heterocycles. The van der Waals surface area contributed by atoms with Crippen molar-refractivity contribution in [3.63, 3.8) is 0 Å². The number of nitro groups is 1. The topological polar surface area (TPSA) is 98.5 Å². The first kappa shape index (κ1) is 20.0. The molecule has 142 valence electrons. The first-order valence-corrected chi connectivity index (χ1v) is 7.85. The van der Waals surface area contributed by atoms with Crippen molar-refractivity contribution in [3.05, 3.63) is 75.3 Å². The van der Waals surface area contributed by atoms with Crippen molar-refractivity contribution in [1.82, 2.24) is 5.32 Å². The Balaban J connectivity index is 2.19. The van der Waals surface area contributed by atoms with Gasteiger partial charge in [-0.25, -0.2) is 13.6 Å². The maximum Gasteiger partial charge on any atom is 0.328 e. The number of nitrogens with zero attached hydrogens (tertiary/aromatic N) is 1. The average Bonchev–Trinajstić information content (AvgIpc) is 2.64. The lowest BCUT2D eigenvalue weighted by molar-refractivity contribution is -0.385. The summed E-state index contributed by atoms with van der Waals surface area (Å²) in [6.07, 6.45) is -0.849. The van der Waals surface area contributed by atoms with E-state index in [0.29, 0.717) is 0 Å². The molecule has 1 amide bonds. The molecule has 0 aliphatic carbocycles. The van der Waals surface area contributed by atoms with Crippen LogP contribution in [0, 0.1) is 21.7 Å². The van der Waals surface area contributed by atoms with E-state index in [1.807, 2.05) is 0 Å². The van der Waals surface area contributed by atoms with Gasteiger partial charge in [0.25, 0.3) is 5.69 Å². The molecule has 0 saturated heterocycles. The van der Waals surface area contributed by atoms with Gasteiger partial charge in [-0.1, -0.05) is 24.3 Å². The Morgan fingerprint density at radius 2 is 1.78 bits per heavy atom. The maximum absolute atomic E-state index is 13.7. The van der Waals surface area contributed by atoms with Crippen molar-refractivity contribution in [2.75, 3.05) is 7.11 Å². The number of rotatable bonds is 7. The molecule has 2 aromatic carbocycles. The van der Waals surface area contributed by atoms with E-state index in [-0.39, 0.29) is 17.7 Å².